The van der Waals surface area contributed by atoms with Crippen LogP contribution >= 0.6 is 0 Å². The van der Waals surface area contributed by atoms with Crippen molar-refractivity contribution in [3.8, 4) is 11.5 Å². The molecular weight excluding hydrogens is 272 g/mol. The summed E-state index contributed by atoms with van der Waals surface area (Å²) in [5, 5.41) is 8.91. The highest BCUT2D eigenvalue weighted by atomic mass is 16.6. The SMILES string of the molecule is CC1(C)Cc2cccc(OCC3CCC(C(=O)O)O3)c2O1. The second kappa shape index (κ2) is 5.22. The molecule has 21 heavy (non-hydrogen) atoms. The van der Waals surface area contributed by atoms with Crippen LogP contribution in [0.3, 0.4) is 0 Å². The molecule has 2 atom stereocenters. The second-order valence-electron chi connectivity index (χ2n) is 6.26. The highest BCUT2D eigenvalue weighted by Crippen LogP contribution is 2.41. The van der Waals surface area contributed by atoms with Crippen molar-refractivity contribution in [2.45, 2.75) is 50.9 Å². The third kappa shape index (κ3) is 2.97. The van der Waals surface area contributed by atoms with Gasteiger partial charge in [0, 0.05) is 12.0 Å². The van der Waals surface area contributed by atoms with Gasteiger partial charge in [0.25, 0.3) is 0 Å². The number of ether oxygens (including phenoxy) is 3. The first kappa shape index (κ1) is 14.2. The van der Waals surface area contributed by atoms with E-state index in [1.165, 1.54) is 0 Å². The van der Waals surface area contributed by atoms with Gasteiger partial charge in [-0.25, -0.2) is 4.79 Å². The zero-order valence-corrected chi connectivity index (χ0v) is 12.3. The Morgan fingerprint density at radius 3 is 2.95 bits per heavy atom. The first-order valence-electron chi connectivity index (χ1n) is 7.26. The number of rotatable bonds is 4. The van der Waals surface area contributed by atoms with E-state index in [-0.39, 0.29) is 11.7 Å². The second-order valence-corrected chi connectivity index (χ2v) is 6.26. The number of para-hydroxylation sites is 1. The fourth-order valence-electron chi connectivity index (χ4n) is 2.89. The zero-order valence-electron chi connectivity index (χ0n) is 12.3. The van der Waals surface area contributed by atoms with E-state index < -0.39 is 12.1 Å². The Kier molecular flexibility index (Phi) is 3.53. The minimum Gasteiger partial charge on any atom is -0.487 e. The Morgan fingerprint density at radius 2 is 2.24 bits per heavy atom. The van der Waals surface area contributed by atoms with Crippen molar-refractivity contribution in [3.63, 3.8) is 0 Å². The molecule has 1 aromatic rings. The number of carbonyl (C=O) groups is 1. The summed E-state index contributed by atoms with van der Waals surface area (Å²) in [6, 6.07) is 5.88. The smallest absolute Gasteiger partial charge is 0.332 e. The average molecular weight is 292 g/mol. The molecule has 2 aliphatic heterocycles. The first-order valence-corrected chi connectivity index (χ1v) is 7.26. The van der Waals surface area contributed by atoms with Crippen molar-refractivity contribution in [2.75, 3.05) is 6.61 Å². The quantitative estimate of drug-likeness (QED) is 0.923. The van der Waals surface area contributed by atoms with Gasteiger partial charge in [-0.15, -0.1) is 0 Å². The van der Waals surface area contributed by atoms with Crippen LogP contribution in [-0.4, -0.2) is 35.5 Å². The van der Waals surface area contributed by atoms with Crippen molar-refractivity contribution in [3.05, 3.63) is 23.8 Å². The molecule has 0 aromatic heterocycles. The number of hydrogen-bond acceptors (Lipinski definition) is 4. The first-order chi connectivity index (χ1) is 9.94. The molecule has 2 heterocycles. The molecule has 0 amide bonds. The van der Waals surface area contributed by atoms with Crippen LogP contribution in [0.5, 0.6) is 11.5 Å². The predicted octanol–water partition coefficient (Wildman–Crippen LogP) is 2.41. The average Bonchev–Trinajstić information content (AvgIpc) is 2.98. The summed E-state index contributed by atoms with van der Waals surface area (Å²) in [6.07, 6.45) is 1.24. The van der Waals surface area contributed by atoms with Gasteiger partial charge in [-0.1, -0.05) is 12.1 Å². The Hall–Kier alpha value is -1.75. The lowest BCUT2D eigenvalue weighted by molar-refractivity contribution is -0.149. The molecule has 1 fully saturated rings. The normalized spacial score (nSPS) is 26.2. The zero-order chi connectivity index (χ0) is 15.0. The number of benzene rings is 1. The molecule has 3 rings (SSSR count). The molecule has 2 aliphatic rings. The van der Waals surface area contributed by atoms with Crippen LogP contribution in [0.15, 0.2) is 18.2 Å². The lowest BCUT2D eigenvalue weighted by Gasteiger charge is -2.19. The topological polar surface area (TPSA) is 65.0 Å². The molecular formula is C16H20O5. The van der Waals surface area contributed by atoms with E-state index in [1.807, 2.05) is 32.0 Å². The third-order valence-electron chi connectivity index (χ3n) is 3.86. The summed E-state index contributed by atoms with van der Waals surface area (Å²) in [6.45, 7) is 4.45. The Balaban J connectivity index is 1.63. The Labute approximate surface area is 123 Å². The lowest BCUT2D eigenvalue weighted by Crippen LogP contribution is -2.25. The van der Waals surface area contributed by atoms with Crippen LogP contribution in [0.2, 0.25) is 0 Å². The summed E-state index contributed by atoms with van der Waals surface area (Å²) in [5.41, 5.74) is 0.938. The minimum absolute atomic E-state index is 0.170. The van der Waals surface area contributed by atoms with Gasteiger partial charge in [0.05, 0.1) is 6.10 Å². The van der Waals surface area contributed by atoms with E-state index in [2.05, 4.69) is 0 Å². The van der Waals surface area contributed by atoms with Gasteiger partial charge in [0.1, 0.15) is 12.2 Å². The highest BCUT2D eigenvalue weighted by molar-refractivity contribution is 5.72. The maximum Gasteiger partial charge on any atom is 0.332 e. The van der Waals surface area contributed by atoms with Crippen LogP contribution in [0.25, 0.3) is 0 Å². The molecule has 2 unspecified atom stereocenters. The fraction of sp³-hybridized carbons (Fsp3) is 0.562. The van der Waals surface area contributed by atoms with Gasteiger partial charge in [0.2, 0.25) is 0 Å². The van der Waals surface area contributed by atoms with E-state index in [0.717, 1.165) is 17.7 Å². The van der Waals surface area contributed by atoms with Gasteiger partial charge in [0.15, 0.2) is 17.6 Å². The van der Waals surface area contributed by atoms with Gasteiger partial charge in [-0.05, 0) is 32.8 Å². The standard InChI is InChI=1S/C16H20O5/c1-16(2)8-10-4-3-5-12(14(10)21-16)19-9-11-6-7-13(20-11)15(17)18/h3-5,11,13H,6-9H2,1-2H3,(H,17,18). The predicted molar refractivity (Wildman–Crippen MR) is 75.9 cm³/mol. The Bertz CT molecular complexity index is 552. The van der Waals surface area contributed by atoms with Crippen molar-refractivity contribution in [1.29, 1.82) is 0 Å². The number of carboxylic acids is 1. The molecule has 1 aromatic carbocycles. The van der Waals surface area contributed by atoms with Crippen molar-refractivity contribution < 1.29 is 24.1 Å². The number of carboxylic acid groups (broad SMARTS) is 1. The number of hydrogen-bond donors (Lipinski definition) is 1. The maximum absolute atomic E-state index is 10.9. The van der Waals surface area contributed by atoms with Crippen molar-refractivity contribution in [1.82, 2.24) is 0 Å². The summed E-state index contributed by atoms with van der Waals surface area (Å²) in [4.78, 5) is 10.9. The molecule has 0 aliphatic carbocycles. The van der Waals surface area contributed by atoms with Crippen LogP contribution in [0, 0.1) is 0 Å². The molecule has 0 saturated carbocycles. The fourth-order valence-corrected chi connectivity index (χ4v) is 2.89. The van der Waals surface area contributed by atoms with Gasteiger partial charge in [-0.3, -0.25) is 0 Å². The highest BCUT2D eigenvalue weighted by Gasteiger charge is 2.34. The minimum atomic E-state index is -0.900. The van der Waals surface area contributed by atoms with Crippen LogP contribution in [-0.2, 0) is 16.0 Å². The van der Waals surface area contributed by atoms with Gasteiger partial charge < -0.3 is 19.3 Å². The summed E-state index contributed by atoms with van der Waals surface area (Å²) < 4.78 is 17.2. The summed E-state index contributed by atoms with van der Waals surface area (Å²) in [7, 11) is 0. The maximum atomic E-state index is 10.9. The number of fused-ring (bicyclic) bond motifs is 1. The van der Waals surface area contributed by atoms with E-state index in [4.69, 9.17) is 19.3 Å². The lowest BCUT2D eigenvalue weighted by atomic mass is 10.0. The van der Waals surface area contributed by atoms with Crippen molar-refractivity contribution >= 4 is 5.97 Å². The van der Waals surface area contributed by atoms with Crippen LogP contribution in [0.1, 0.15) is 32.3 Å². The third-order valence-corrected chi connectivity index (χ3v) is 3.86. The number of aliphatic carboxylic acids is 1. The van der Waals surface area contributed by atoms with Gasteiger partial charge >= 0.3 is 5.97 Å². The molecule has 114 valence electrons. The molecule has 0 bridgehead atoms. The Morgan fingerprint density at radius 1 is 1.43 bits per heavy atom. The van der Waals surface area contributed by atoms with Gasteiger partial charge in [-0.2, -0.15) is 0 Å². The summed E-state index contributed by atoms with van der Waals surface area (Å²) in [5.74, 6) is 0.610. The molecule has 1 N–H and O–H groups in total. The summed E-state index contributed by atoms with van der Waals surface area (Å²) >= 11 is 0. The van der Waals surface area contributed by atoms with Crippen LogP contribution < -0.4 is 9.47 Å². The van der Waals surface area contributed by atoms with Crippen LogP contribution in [0.4, 0.5) is 0 Å². The molecule has 1 saturated heterocycles. The molecule has 5 heteroatoms. The van der Waals surface area contributed by atoms with Crippen molar-refractivity contribution in [2.24, 2.45) is 0 Å². The largest absolute Gasteiger partial charge is 0.487 e. The monoisotopic (exact) mass is 292 g/mol. The molecule has 5 nitrogen and oxygen atoms in total. The van der Waals surface area contributed by atoms with E-state index in [1.54, 1.807) is 0 Å². The molecule has 0 radical (unpaired) electrons. The molecule has 0 spiro atoms. The van der Waals surface area contributed by atoms with E-state index >= 15 is 0 Å². The van der Waals surface area contributed by atoms with E-state index in [9.17, 15) is 4.79 Å². The van der Waals surface area contributed by atoms with E-state index in [0.29, 0.717) is 25.2 Å².